The number of nitrogens with zero attached hydrogens (tertiary/aromatic N) is 4. The monoisotopic (exact) mass is 776 g/mol. The first-order valence-electron chi connectivity index (χ1n) is 20.7. The molecule has 4 nitrogen and oxygen atoms in total. The van der Waals surface area contributed by atoms with Crippen LogP contribution in [0.4, 0.5) is 0 Å². The van der Waals surface area contributed by atoms with Crippen LogP contribution in [-0.4, -0.2) is 19.5 Å². The lowest BCUT2D eigenvalue weighted by Gasteiger charge is -2.14. The second-order valence-electron chi connectivity index (χ2n) is 15.6. The highest BCUT2D eigenvalue weighted by Crippen LogP contribution is 2.43. The average Bonchev–Trinajstić information content (AvgIpc) is 3.68. The van der Waals surface area contributed by atoms with Crippen molar-refractivity contribution in [2.45, 2.75) is 0 Å². The fourth-order valence-electron chi connectivity index (χ4n) is 9.05. The number of hydrogen-bond acceptors (Lipinski definition) is 3. The number of hydrogen-bond donors (Lipinski definition) is 0. The quantitative estimate of drug-likeness (QED) is 0.158. The minimum atomic E-state index is 0.689. The molecule has 12 rings (SSSR count). The maximum Gasteiger partial charge on any atom is 0.160 e. The predicted octanol–water partition coefficient (Wildman–Crippen LogP) is 14.8. The Morgan fingerprint density at radius 3 is 1.70 bits per heavy atom. The Hall–Kier alpha value is -8.21. The smallest absolute Gasteiger partial charge is 0.160 e. The summed E-state index contributed by atoms with van der Waals surface area (Å²) in [6.07, 6.45) is 0. The van der Waals surface area contributed by atoms with Gasteiger partial charge in [-0.05, 0) is 64.4 Å². The molecule has 61 heavy (non-hydrogen) atoms. The zero-order valence-corrected chi connectivity index (χ0v) is 33.1. The number of fused-ring (bicyclic) bond motifs is 8. The molecule has 0 aliphatic heterocycles. The molecule has 0 aliphatic carbocycles. The van der Waals surface area contributed by atoms with Crippen molar-refractivity contribution in [1.29, 1.82) is 0 Å². The van der Waals surface area contributed by atoms with Crippen molar-refractivity contribution in [3.05, 3.63) is 218 Å². The number of pyridine rings is 1. The molecule has 284 valence electrons. The van der Waals surface area contributed by atoms with Gasteiger partial charge in [-0.1, -0.05) is 176 Å². The van der Waals surface area contributed by atoms with Gasteiger partial charge in [0.25, 0.3) is 0 Å². The van der Waals surface area contributed by atoms with Crippen molar-refractivity contribution in [2.75, 3.05) is 0 Å². The van der Waals surface area contributed by atoms with Crippen LogP contribution >= 0.6 is 0 Å². The third-order valence-corrected chi connectivity index (χ3v) is 12.0. The molecular weight excluding hydrogens is 741 g/mol. The summed E-state index contributed by atoms with van der Waals surface area (Å²) < 4.78 is 2.39. The van der Waals surface area contributed by atoms with Crippen LogP contribution in [0.25, 0.3) is 116 Å². The molecule has 9 aromatic carbocycles. The highest BCUT2D eigenvalue weighted by atomic mass is 15.0. The van der Waals surface area contributed by atoms with Crippen molar-refractivity contribution in [3.63, 3.8) is 0 Å². The average molecular weight is 777 g/mol. The van der Waals surface area contributed by atoms with Gasteiger partial charge in [0.15, 0.2) is 5.82 Å². The Morgan fingerprint density at radius 2 is 0.918 bits per heavy atom. The van der Waals surface area contributed by atoms with E-state index in [1.165, 1.54) is 38.0 Å². The van der Waals surface area contributed by atoms with Gasteiger partial charge in [0.2, 0.25) is 0 Å². The topological polar surface area (TPSA) is 43.6 Å². The van der Waals surface area contributed by atoms with E-state index in [9.17, 15) is 0 Å². The molecular formula is C57H36N4. The summed E-state index contributed by atoms with van der Waals surface area (Å²) in [6.45, 7) is 0. The van der Waals surface area contributed by atoms with E-state index >= 15 is 0 Å². The van der Waals surface area contributed by atoms with Gasteiger partial charge in [-0.15, -0.1) is 0 Å². The molecule has 3 aromatic heterocycles. The van der Waals surface area contributed by atoms with E-state index in [0.717, 1.165) is 72.4 Å². The molecule has 0 saturated carbocycles. The van der Waals surface area contributed by atoms with Crippen LogP contribution in [0.15, 0.2) is 218 Å². The van der Waals surface area contributed by atoms with E-state index in [4.69, 9.17) is 15.0 Å². The van der Waals surface area contributed by atoms with E-state index in [2.05, 4.69) is 217 Å². The van der Waals surface area contributed by atoms with Crippen LogP contribution in [0.1, 0.15) is 0 Å². The number of para-hydroxylation sites is 2. The first-order chi connectivity index (χ1) is 30.2. The zero-order chi connectivity index (χ0) is 40.3. The first kappa shape index (κ1) is 34.8. The molecule has 0 spiro atoms. The van der Waals surface area contributed by atoms with E-state index in [-0.39, 0.29) is 0 Å². The maximum absolute atomic E-state index is 5.45. The van der Waals surface area contributed by atoms with Crippen molar-refractivity contribution >= 4 is 54.3 Å². The van der Waals surface area contributed by atoms with Crippen molar-refractivity contribution in [3.8, 4) is 62.0 Å². The summed E-state index contributed by atoms with van der Waals surface area (Å²) >= 11 is 0. The molecule has 0 saturated heterocycles. The number of rotatable bonds is 6. The Labute approximate surface area is 352 Å². The summed E-state index contributed by atoms with van der Waals surface area (Å²) in [6, 6.07) is 77.3. The molecule has 0 aliphatic rings. The Morgan fingerprint density at radius 1 is 0.311 bits per heavy atom. The van der Waals surface area contributed by atoms with Gasteiger partial charge in [0.05, 0.1) is 33.6 Å². The Balaban J connectivity index is 1.01. The summed E-state index contributed by atoms with van der Waals surface area (Å²) in [7, 11) is 0. The van der Waals surface area contributed by atoms with Crippen LogP contribution in [0, 0.1) is 0 Å². The predicted molar refractivity (Wildman–Crippen MR) is 254 cm³/mol. The lowest BCUT2D eigenvalue weighted by atomic mass is 9.94. The van der Waals surface area contributed by atoms with Gasteiger partial charge in [0, 0.05) is 54.9 Å². The Bertz CT molecular complexity index is 3610. The summed E-state index contributed by atoms with van der Waals surface area (Å²) in [5, 5.41) is 8.33. The lowest BCUT2D eigenvalue weighted by Crippen LogP contribution is -1.96. The van der Waals surface area contributed by atoms with Gasteiger partial charge in [-0.25, -0.2) is 15.0 Å². The minimum absolute atomic E-state index is 0.689. The standard InChI is InChI=1S/C57H36N4/c1-4-15-39(16-5-1)49-36-50(44-29-26-37-14-10-11-19-42(37)34-44)60-57(59-49)41-27-24-38(25-28-41)43-30-31-46-51(35-43)58-56(40-17-6-2-7-18-40)48-32-33-53-55(54(46)48)47-22-12-13-23-52(47)61(53)45-20-8-3-9-21-45/h1-36H. The molecule has 4 heteroatoms. The molecule has 0 radical (unpaired) electrons. The molecule has 0 amide bonds. The Kier molecular flexibility index (Phi) is 8.13. The van der Waals surface area contributed by atoms with Gasteiger partial charge in [0.1, 0.15) is 0 Å². The van der Waals surface area contributed by atoms with Gasteiger partial charge >= 0.3 is 0 Å². The van der Waals surface area contributed by atoms with Gasteiger partial charge in [-0.3, -0.25) is 0 Å². The highest BCUT2D eigenvalue weighted by molar-refractivity contribution is 6.29. The van der Waals surface area contributed by atoms with Crippen LogP contribution in [0.5, 0.6) is 0 Å². The second kappa shape index (κ2) is 14.3. The normalized spacial score (nSPS) is 11.6. The molecule has 12 aromatic rings. The molecule has 0 bridgehead atoms. The zero-order valence-electron chi connectivity index (χ0n) is 33.1. The summed E-state index contributed by atoms with van der Waals surface area (Å²) in [5.74, 6) is 0.689. The van der Waals surface area contributed by atoms with Gasteiger partial charge in [-0.2, -0.15) is 0 Å². The molecule has 0 atom stereocenters. The molecule has 0 unspecified atom stereocenters. The fraction of sp³-hybridized carbons (Fsp3) is 0. The second-order valence-corrected chi connectivity index (χ2v) is 15.6. The number of benzene rings is 9. The SMILES string of the molecule is c1ccc(-c2cc(-c3ccc4ccccc4c3)nc(-c3ccc(-c4ccc5c(c4)nc(-c4ccccc4)c4ccc6c(c7ccccc7n6-c6ccccc6)c45)cc3)n2)cc1. The minimum Gasteiger partial charge on any atom is -0.309 e. The van der Waals surface area contributed by atoms with E-state index in [1.54, 1.807) is 0 Å². The maximum atomic E-state index is 5.45. The summed E-state index contributed by atoms with van der Waals surface area (Å²) in [5.41, 5.74) is 13.6. The van der Waals surface area contributed by atoms with E-state index < -0.39 is 0 Å². The van der Waals surface area contributed by atoms with E-state index in [0.29, 0.717) is 5.82 Å². The largest absolute Gasteiger partial charge is 0.309 e. The summed E-state index contributed by atoms with van der Waals surface area (Å²) in [4.78, 5) is 15.7. The van der Waals surface area contributed by atoms with E-state index in [1.807, 2.05) is 6.07 Å². The van der Waals surface area contributed by atoms with Crippen LogP contribution in [-0.2, 0) is 0 Å². The van der Waals surface area contributed by atoms with Crippen LogP contribution < -0.4 is 0 Å². The molecule has 0 fully saturated rings. The van der Waals surface area contributed by atoms with Crippen molar-refractivity contribution in [2.24, 2.45) is 0 Å². The highest BCUT2D eigenvalue weighted by Gasteiger charge is 2.20. The fourth-order valence-corrected chi connectivity index (χ4v) is 9.05. The van der Waals surface area contributed by atoms with Crippen LogP contribution in [0.2, 0.25) is 0 Å². The third kappa shape index (κ3) is 5.96. The number of aromatic nitrogens is 4. The lowest BCUT2D eigenvalue weighted by molar-refractivity contribution is 1.18. The molecule has 0 N–H and O–H groups in total. The van der Waals surface area contributed by atoms with Crippen LogP contribution in [0.3, 0.4) is 0 Å². The third-order valence-electron chi connectivity index (χ3n) is 12.0. The van der Waals surface area contributed by atoms with Gasteiger partial charge < -0.3 is 4.57 Å². The molecule has 3 heterocycles. The van der Waals surface area contributed by atoms with Crippen molar-refractivity contribution in [1.82, 2.24) is 19.5 Å². The van der Waals surface area contributed by atoms with Crippen molar-refractivity contribution < 1.29 is 0 Å². The first-order valence-corrected chi connectivity index (χ1v) is 20.7.